The van der Waals surface area contributed by atoms with Crippen molar-refractivity contribution in [2.75, 3.05) is 13.1 Å². The summed E-state index contributed by atoms with van der Waals surface area (Å²) >= 11 is 0. The Hall–Kier alpha value is -0.180. The molecule has 0 amide bonds. The van der Waals surface area contributed by atoms with Gasteiger partial charge in [0, 0.05) is 0 Å². The van der Waals surface area contributed by atoms with E-state index < -0.39 is 6.43 Å². The highest BCUT2D eigenvalue weighted by molar-refractivity contribution is 4.99. The van der Waals surface area contributed by atoms with Gasteiger partial charge in [-0.3, -0.25) is 0 Å². The normalized spacial score (nSPS) is 37.6. The van der Waals surface area contributed by atoms with Gasteiger partial charge in [0.1, 0.15) is 0 Å². The van der Waals surface area contributed by atoms with Crippen LogP contribution in [0.25, 0.3) is 0 Å². The minimum Gasteiger partial charge on any atom is -0.311 e. The van der Waals surface area contributed by atoms with Crippen molar-refractivity contribution < 1.29 is 8.78 Å². The number of hydrogen-bond donors (Lipinski definition) is 1. The van der Waals surface area contributed by atoms with E-state index in [0.717, 1.165) is 24.3 Å². The third kappa shape index (κ3) is 2.19. The van der Waals surface area contributed by atoms with Crippen LogP contribution in [0.3, 0.4) is 0 Å². The Morgan fingerprint density at radius 3 is 2.31 bits per heavy atom. The zero-order valence-electron chi connectivity index (χ0n) is 7.81. The lowest BCUT2D eigenvalue weighted by atomic mass is 10.0. The molecule has 0 spiro atoms. The van der Waals surface area contributed by atoms with E-state index in [1.165, 1.54) is 25.7 Å². The number of fused-ring (bicyclic) bond motifs is 1. The highest BCUT2D eigenvalue weighted by Gasteiger charge is 2.49. The van der Waals surface area contributed by atoms with E-state index in [2.05, 4.69) is 5.32 Å². The first-order valence-electron chi connectivity index (χ1n) is 5.28. The van der Waals surface area contributed by atoms with E-state index in [4.69, 9.17) is 0 Å². The molecule has 76 valence electrons. The van der Waals surface area contributed by atoms with Gasteiger partial charge in [-0.05, 0) is 37.1 Å². The summed E-state index contributed by atoms with van der Waals surface area (Å²) < 4.78 is 23.6. The van der Waals surface area contributed by atoms with Crippen molar-refractivity contribution in [3.05, 3.63) is 0 Å². The molecule has 2 fully saturated rings. The smallest absolute Gasteiger partial charge is 0.250 e. The zero-order chi connectivity index (χ0) is 9.26. The fraction of sp³-hybridized carbons (Fsp3) is 1.00. The number of hydrogen-bond acceptors (Lipinski definition) is 1. The van der Waals surface area contributed by atoms with Gasteiger partial charge in [0.05, 0.1) is 6.54 Å². The SMILES string of the molecule is FC(F)CNCC1C2CCCCC21. The molecular formula is C10H17F2N. The minimum absolute atomic E-state index is 0.129. The van der Waals surface area contributed by atoms with E-state index in [1.807, 2.05) is 0 Å². The molecule has 2 unspecified atom stereocenters. The molecule has 0 aromatic heterocycles. The average Bonchev–Trinajstić information content (AvgIpc) is 2.79. The minimum atomic E-state index is -2.19. The summed E-state index contributed by atoms with van der Waals surface area (Å²) in [5.74, 6) is 2.47. The predicted octanol–water partition coefficient (Wildman–Crippen LogP) is 2.28. The van der Waals surface area contributed by atoms with Gasteiger partial charge in [-0.1, -0.05) is 12.8 Å². The fourth-order valence-electron chi connectivity index (χ4n) is 2.80. The summed E-state index contributed by atoms with van der Waals surface area (Å²) in [7, 11) is 0. The molecule has 3 heteroatoms. The maximum Gasteiger partial charge on any atom is 0.250 e. The van der Waals surface area contributed by atoms with Crippen molar-refractivity contribution >= 4 is 0 Å². The Kier molecular flexibility index (Phi) is 2.82. The molecule has 0 saturated heterocycles. The second-order valence-electron chi connectivity index (χ2n) is 4.33. The molecule has 2 saturated carbocycles. The van der Waals surface area contributed by atoms with Gasteiger partial charge in [-0.15, -0.1) is 0 Å². The lowest BCUT2D eigenvalue weighted by molar-refractivity contribution is 0.145. The molecule has 1 N–H and O–H groups in total. The first kappa shape index (κ1) is 9.38. The quantitative estimate of drug-likeness (QED) is 0.715. The van der Waals surface area contributed by atoms with Crippen molar-refractivity contribution in [1.82, 2.24) is 5.32 Å². The van der Waals surface area contributed by atoms with Gasteiger partial charge in [-0.25, -0.2) is 8.78 Å². The van der Waals surface area contributed by atoms with Crippen molar-refractivity contribution in [3.63, 3.8) is 0 Å². The van der Waals surface area contributed by atoms with Crippen molar-refractivity contribution in [2.45, 2.75) is 32.1 Å². The maximum absolute atomic E-state index is 11.8. The average molecular weight is 189 g/mol. The van der Waals surface area contributed by atoms with Crippen LogP contribution in [-0.4, -0.2) is 19.5 Å². The van der Waals surface area contributed by atoms with Gasteiger partial charge in [-0.2, -0.15) is 0 Å². The third-order valence-corrected chi connectivity index (χ3v) is 3.51. The molecule has 0 aliphatic heterocycles. The Bertz CT molecular complexity index is 160. The molecule has 0 aromatic carbocycles. The monoisotopic (exact) mass is 189 g/mol. The molecule has 0 aromatic rings. The summed E-state index contributed by atoms with van der Waals surface area (Å²) in [5.41, 5.74) is 0. The van der Waals surface area contributed by atoms with Crippen LogP contribution in [0.2, 0.25) is 0 Å². The van der Waals surface area contributed by atoms with Gasteiger partial charge in [0.2, 0.25) is 0 Å². The molecule has 0 radical (unpaired) electrons. The summed E-state index contributed by atoms with van der Waals surface area (Å²) in [6.45, 7) is 0.690. The van der Waals surface area contributed by atoms with Crippen LogP contribution in [0, 0.1) is 17.8 Å². The van der Waals surface area contributed by atoms with Crippen LogP contribution in [-0.2, 0) is 0 Å². The molecular weight excluding hydrogens is 172 g/mol. The van der Waals surface area contributed by atoms with E-state index in [1.54, 1.807) is 0 Å². The van der Waals surface area contributed by atoms with Gasteiger partial charge in [0.25, 0.3) is 6.43 Å². The Labute approximate surface area is 77.9 Å². The van der Waals surface area contributed by atoms with Gasteiger partial charge < -0.3 is 5.32 Å². The van der Waals surface area contributed by atoms with Gasteiger partial charge >= 0.3 is 0 Å². The Morgan fingerprint density at radius 1 is 1.15 bits per heavy atom. The van der Waals surface area contributed by atoms with Crippen LogP contribution in [0.1, 0.15) is 25.7 Å². The Balaban J connectivity index is 1.62. The maximum atomic E-state index is 11.8. The first-order chi connectivity index (χ1) is 6.29. The van der Waals surface area contributed by atoms with Crippen molar-refractivity contribution in [3.8, 4) is 0 Å². The van der Waals surface area contributed by atoms with Crippen LogP contribution in [0.15, 0.2) is 0 Å². The molecule has 13 heavy (non-hydrogen) atoms. The van der Waals surface area contributed by atoms with Crippen LogP contribution in [0.4, 0.5) is 8.78 Å². The van der Waals surface area contributed by atoms with Crippen LogP contribution >= 0.6 is 0 Å². The number of nitrogens with one attached hydrogen (secondary N) is 1. The van der Waals surface area contributed by atoms with Crippen molar-refractivity contribution in [1.29, 1.82) is 0 Å². The molecule has 2 atom stereocenters. The van der Waals surface area contributed by atoms with E-state index in [0.29, 0.717) is 0 Å². The largest absolute Gasteiger partial charge is 0.311 e. The fourth-order valence-corrected chi connectivity index (χ4v) is 2.80. The second kappa shape index (κ2) is 3.91. The molecule has 0 heterocycles. The summed E-state index contributed by atoms with van der Waals surface area (Å²) in [4.78, 5) is 0. The summed E-state index contributed by atoms with van der Waals surface area (Å²) in [5, 5.41) is 2.85. The van der Waals surface area contributed by atoms with E-state index >= 15 is 0 Å². The van der Waals surface area contributed by atoms with E-state index in [9.17, 15) is 8.78 Å². The molecule has 2 aliphatic rings. The predicted molar refractivity (Wildman–Crippen MR) is 47.8 cm³/mol. The second-order valence-corrected chi connectivity index (χ2v) is 4.33. The standard InChI is InChI=1S/C10H17F2N/c11-10(12)6-13-5-9-7-3-1-2-4-8(7)9/h7-10,13H,1-6H2. The van der Waals surface area contributed by atoms with E-state index in [-0.39, 0.29) is 6.54 Å². The Morgan fingerprint density at radius 2 is 1.77 bits per heavy atom. The lowest BCUT2D eigenvalue weighted by Gasteiger charge is -2.04. The highest BCUT2D eigenvalue weighted by atomic mass is 19.3. The number of halogens is 2. The third-order valence-electron chi connectivity index (χ3n) is 3.51. The van der Waals surface area contributed by atoms with Crippen LogP contribution in [0.5, 0.6) is 0 Å². The molecule has 0 bridgehead atoms. The molecule has 1 nitrogen and oxygen atoms in total. The topological polar surface area (TPSA) is 12.0 Å². The molecule has 2 aliphatic carbocycles. The highest BCUT2D eigenvalue weighted by Crippen LogP contribution is 2.54. The first-order valence-corrected chi connectivity index (χ1v) is 5.28. The zero-order valence-corrected chi connectivity index (χ0v) is 7.81. The van der Waals surface area contributed by atoms with Crippen LogP contribution < -0.4 is 5.32 Å². The summed E-state index contributed by atoms with van der Waals surface area (Å²) in [6, 6.07) is 0. The van der Waals surface area contributed by atoms with Crippen molar-refractivity contribution in [2.24, 2.45) is 17.8 Å². The lowest BCUT2D eigenvalue weighted by Crippen LogP contribution is -2.24. The number of alkyl halides is 2. The molecule has 2 rings (SSSR count). The summed E-state index contributed by atoms with van der Waals surface area (Å²) in [6.07, 6.45) is 3.19. The van der Waals surface area contributed by atoms with Gasteiger partial charge in [0.15, 0.2) is 0 Å². The number of rotatable bonds is 4.